The standard InChI is InChI=1S/C14H17F2N3/c1-2-7-19-8-6-12(18-19)10-17-9-11-4-3-5-13(15)14(11)16/h3-6,8,17H,2,7,9-10H2,1H3. The van der Waals surface area contributed by atoms with E-state index in [4.69, 9.17) is 0 Å². The fourth-order valence-corrected chi connectivity index (χ4v) is 1.86. The van der Waals surface area contributed by atoms with Crippen LogP contribution in [0, 0.1) is 11.6 Å². The van der Waals surface area contributed by atoms with Gasteiger partial charge in [-0.15, -0.1) is 0 Å². The molecule has 0 unspecified atom stereocenters. The fraction of sp³-hybridized carbons (Fsp3) is 0.357. The van der Waals surface area contributed by atoms with Crippen LogP contribution in [0.5, 0.6) is 0 Å². The second-order valence-corrected chi connectivity index (χ2v) is 4.39. The van der Waals surface area contributed by atoms with E-state index in [1.165, 1.54) is 6.07 Å². The number of aryl methyl sites for hydroxylation is 1. The van der Waals surface area contributed by atoms with Crippen molar-refractivity contribution >= 4 is 0 Å². The van der Waals surface area contributed by atoms with Gasteiger partial charge in [0.2, 0.25) is 0 Å². The van der Waals surface area contributed by atoms with Crippen LogP contribution < -0.4 is 5.32 Å². The van der Waals surface area contributed by atoms with Gasteiger partial charge in [0.15, 0.2) is 11.6 Å². The van der Waals surface area contributed by atoms with Gasteiger partial charge < -0.3 is 5.32 Å². The van der Waals surface area contributed by atoms with Crippen LogP contribution in [0.1, 0.15) is 24.6 Å². The summed E-state index contributed by atoms with van der Waals surface area (Å²) in [7, 11) is 0. The molecule has 0 saturated heterocycles. The number of aromatic nitrogens is 2. The van der Waals surface area contributed by atoms with E-state index in [0.29, 0.717) is 12.1 Å². The van der Waals surface area contributed by atoms with E-state index in [1.54, 1.807) is 6.07 Å². The summed E-state index contributed by atoms with van der Waals surface area (Å²) in [6.45, 7) is 3.79. The lowest BCUT2D eigenvalue weighted by Gasteiger charge is -2.05. The molecule has 0 amide bonds. The van der Waals surface area contributed by atoms with E-state index in [1.807, 2.05) is 16.9 Å². The highest BCUT2D eigenvalue weighted by Gasteiger charge is 2.07. The Morgan fingerprint density at radius 2 is 2.05 bits per heavy atom. The molecule has 102 valence electrons. The molecule has 0 spiro atoms. The third kappa shape index (κ3) is 3.61. The van der Waals surface area contributed by atoms with Crippen molar-refractivity contribution in [2.45, 2.75) is 33.0 Å². The van der Waals surface area contributed by atoms with Gasteiger partial charge in [0.05, 0.1) is 5.69 Å². The van der Waals surface area contributed by atoms with Gasteiger partial charge in [0, 0.05) is 31.4 Å². The Hall–Kier alpha value is -1.75. The van der Waals surface area contributed by atoms with Crippen molar-refractivity contribution in [2.24, 2.45) is 0 Å². The summed E-state index contributed by atoms with van der Waals surface area (Å²) in [6.07, 6.45) is 2.95. The lowest BCUT2D eigenvalue weighted by molar-refractivity contribution is 0.492. The predicted octanol–water partition coefficient (Wildman–Crippen LogP) is 2.86. The van der Waals surface area contributed by atoms with Crippen molar-refractivity contribution in [3.05, 3.63) is 53.4 Å². The van der Waals surface area contributed by atoms with Crippen LogP contribution in [0.3, 0.4) is 0 Å². The number of benzene rings is 1. The molecule has 0 aliphatic heterocycles. The lowest BCUT2D eigenvalue weighted by Crippen LogP contribution is -2.15. The van der Waals surface area contributed by atoms with E-state index < -0.39 is 11.6 Å². The first-order valence-electron chi connectivity index (χ1n) is 6.36. The number of rotatable bonds is 6. The van der Waals surface area contributed by atoms with Gasteiger partial charge in [-0.25, -0.2) is 8.78 Å². The molecule has 0 radical (unpaired) electrons. The highest BCUT2D eigenvalue weighted by Crippen LogP contribution is 2.11. The van der Waals surface area contributed by atoms with Crippen LogP contribution in [-0.4, -0.2) is 9.78 Å². The molecule has 5 heteroatoms. The maximum absolute atomic E-state index is 13.4. The Labute approximate surface area is 111 Å². The minimum absolute atomic E-state index is 0.282. The van der Waals surface area contributed by atoms with Crippen LogP contribution in [0.2, 0.25) is 0 Å². The minimum Gasteiger partial charge on any atom is -0.307 e. The summed E-state index contributed by atoms with van der Waals surface area (Å²) in [5, 5.41) is 7.42. The molecule has 1 heterocycles. The molecule has 0 fully saturated rings. The zero-order valence-corrected chi connectivity index (χ0v) is 10.9. The molecule has 0 bridgehead atoms. The van der Waals surface area contributed by atoms with Crippen molar-refractivity contribution in [1.82, 2.24) is 15.1 Å². The molecular weight excluding hydrogens is 248 g/mol. The van der Waals surface area contributed by atoms with Gasteiger partial charge in [0.1, 0.15) is 0 Å². The Morgan fingerprint density at radius 3 is 2.84 bits per heavy atom. The second kappa shape index (κ2) is 6.43. The first-order valence-corrected chi connectivity index (χ1v) is 6.36. The molecule has 0 aliphatic rings. The first kappa shape index (κ1) is 13.7. The molecule has 3 nitrogen and oxygen atoms in total. The third-order valence-electron chi connectivity index (χ3n) is 2.80. The maximum atomic E-state index is 13.4. The van der Waals surface area contributed by atoms with Crippen molar-refractivity contribution in [2.75, 3.05) is 0 Å². The minimum atomic E-state index is -0.813. The summed E-state index contributed by atoms with van der Waals surface area (Å²) in [5.74, 6) is -1.60. The topological polar surface area (TPSA) is 29.9 Å². The van der Waals surface area contributed by atoms with Crippen molar-refractivity contribution in [3.8, 4) is 0 Å². The van der Waals surface area contributed by atoms with E-state index in [2.05, 4.69) is 17.3 Å². The predicted molar refractivity (Wildman–Crippen MR) is 69.4 cm³/mol. The summed E-state index contributed by atoms with van der Waals surface area (Å²) in [5.41, 5.74) is 1.22. The molecule has 0 aliphatic carbocycles. The monoisotopic (exact) mass is 265 g/mol. The molecule has 0 saturated carbocycles. The SMILES string of the molecule is CCCn1ccc(CNCc2cccc(F)c2F)n1. The van der Waals surface area contributed by atoms with E-state index in [9.17, 15) is 8.78 Å². The molecule has 2 rings (SSSR count). The molecular formula is C14H17F2N3. The Balaban J connectivity index is 1.87. The quantitative estimate of drug-likeness (QED) is 0.870. The largest absolute Gasteiger partial charge is 0.307 e. The maximum Gasteiger partial charge on any atom is 0.163 e. The molecule has 1 N–H and O–H groups in total. The van der Waals surface area contributed by atoms with E-state index in [-0.39, 0.29) is 6.54 Å². The Kier molecular flexibility index (Phi) is 4.63. The summed E-state index contributed by atoms with van der Waals surface area (Å²) in [4.78, 5) is 0. The molecule has 0 atom stereocenters. The average molecular weight is 265 g/mol. The third-order valence-corrected chi connectivity index (χ3v) is 2.80. The Bertz CT molecular complexity index is 537. The van der Waals surface area contributed by atoms with Gasteiger partial charge >= 0.3 is 0 Å². The normalized spacial score (nSPS) is 10.9. The molecule has 1 aromatic carbocycles. The summed E-state index contributed by atoms with van der Waals surface area (Å²) < 4.78 is 28.3. The molecule has 19 heavy (non-hydrogen) atoms. The van der Waals surface area contributed by atoms with Gasteiger partial charge in [-0.1, -0.05) is 19.1 Å². The van der Waals surface area contributed by atoms with Crippen LogP contribution in [0.15, 0.2) is 30.5 Å². The highest BCUT2D eigenvalue weighted by atomic mass is 19.2. The van der Waals surface area contributed by atoms with Crippen molar-refractivity contribution in [3.63, 3.8) is 0 Å². The van der Waals surface area contributed by atoms with Crippen LogP contribution >= 0.6 is 0 Å². The highest BCUT2D eigenvalue weighted by molar-refractivity contribution is 5.18. The lowest BCUT2D eigenvalue weighted by atomic mass is 10.2. The number of halogens is 2. The second-order valence-electron chi connectivity index (χ2n) is 4.39. The fourth-order valence-electron chi connectivity index (χ4n) is 1.86. The number of hydrogen-bond acceptors (Lipinski definition) is 2. The van der Waals surface area contributed by atoms with E-state index >= 15 is 0 Å². The van der Waals surface area contributed by atoms with Gasteiger partial charge in [0.25, 0.3) is 0 Å². The molecule has 1 aromatic heterocycles. The molecule has 2 aromatic rings. The zero-order chi connectivity index (χ0) is 13.7. The summed E-state index contributed by atoms with van der Waals surface area (Å²) >= 11 is 0. The Morgan fingerprint density at radius 1 is 1.21 bits per heavy atom. The van der Waals surface area contributed by atoms with Crippen LogP contribution in [0.25, 0.3) is 0 Å². The average Bonchev–Trinajstić information content (AvgIpc) is 2.83. The van der Waals surface area contributed by atoms with Gasteiger partial charge in [-0.05, 0) is 18.6 Å². The van der Waals surface area contributed by atoms with Crippen LogP contribution in [-0.2, 0) is 19.6 Å². The number of nitrogens with one attached hydrogen (secondary N) is 1. The smallest absolute Gasteiger partial charge is 0.163 e. The summed E-state index contributed by atoms with van der Waals surface area (Å²) in [6, 6.07) is 6.11. The van der Waals surface area contributed by atoms with Gasteiger partial charge in [-0.2, -0.15) is 5.10 Å². The van der Waals surface area contributed by atoms with Crippen LogP contribution in [0.4, 0.5) is 8.78 Å². The van der Waals surface area contributed by atoms with Gasteiger partial charge in [-0.3, -0.25) is 4.68 Å². The van der Waals surface area contributed by atoms with E-state index in [0.717, 1.165) is 24.7 Å². The van der Waals surface area contributed by atoms with Crippen molar-refractivity contribution < 1.29 is 8.78 Å². The number of nitrogens with zero attached hydrogens (tertiary/aromatic N) is 2. The number of hydrogen-bond donors (Lipinski definition) is 1. The first-order chi connectivity index (χ1) is 9.20. The van der Waals surface area contributed by atoms with Crippen molar-refractivity contribution in [1.29, 1.82) is 0 Å². The zero-order valence-electron chi connectivity index (χ0n) is 10.9.